The molecule has 25 heavy (non-hydrogen) atoms. The van der Waals surface area contributed by atoms with E-state index in [-0.39, 0.29) is 17.5 Å². The van der Waals surface area contributed by atoms with Crippen molar-refractivity contribution in [3.05, 3.63) is 48.2 Å². The van der Waals surface area contributed by atoms with Gasteiger partial charge in [-0.15, -0.1) is 25.5 Å². The highest BCUT2D eigenvalue weighted by Gasteiger charge is 2.37. The monoisotopic (exact) mass is 348 g/mol. The fourth-order valence-electron chi connectivity index (χ4n) is 2.48. The third kappa shape index (κ3) is 2.62. The van der Waals surface area contributed by atoms with Crippen LogP contribution >= 0.6 is 0 Å². The molecule has 0 amide bonds. The van der Waals surface area contributed by atoms with E-state index in [9.17, 15) is 13.2 Å². The summed E-state index contributed by atoms with van der Waals surface area (Å²) in [6, 6.07) is 8.08. The Bertz CT molecular complexity index is 1050. The summed E-state index contributed by atoms with van der Waals surface area (Å²) >= 11 is 0. The average Bonchev–Trinajstić information content (AvgIpc) is 3.18. The number of aromatic nitrogens is 7. The number of halogens is 3. The molecule has 4 rings (SSSR count). The summed E-state index contributed by atoms with van der Waals surface area (Å²) < 4.78 is 41.3. The van der Waals surface area contributed by atoms with Crippen molar-refractivity contribution in [2.75, 3.05) is 5.32 Å². The van der Waals surface area contributed by atoms with Gasteiger partial charge in [-0.2, -0.15) is 17.7 Å². The van der Waals surface area contributed by atoms with Crippen molar-refractivity contribution in [3.63, 3.8) is 0 Å². The van der Waals surface area contributed by atoms with Crippen molar-refractivity contribution in [1.29, 1.82) is 0 Å². The molecule has 8 nitrogen and oxygen atoms in total. The number of hydrogen-bond acceptors (Lipinski definition) is 6. The molecule has 0 bridgehead atoms. The Balaban J connectivity index is 1.68. The van der Waals surface area contributed by atoms with Crippen LogP contribution in [0.15, 0.2) is 36.5 Å². The van der Waals surface area contributed by atoms with Crippen LogP contribution in [-0.4, -0.2) is 34.4 Å². The first-order chi connectivity index (χ1) is 11.9. The van der Waals surface area contributed by atoms with Crippen molar-refractivity contribution >= 4 is 17.1 Å². The second kappa shape index (κ2) is 5.40. The molecule has 0 aromatic carbocycles. The number of fused-ring (bicyclic) bond motifs is 2. The first-order valence-corrected chi connectivity index (χ1v) is 7.29. The molecule has 4 heterocycles. The summed E-state index contributed by atoms with van der Waals surface area (Å²) in [6.07, 6.45) is -2.83. The highest BCUT2D eigenvalue weighted by molar-refractivity contribution is 5.45. The normalized spacial score (nSPS) is 13.4. The van der Waals surface area contributed by atoms with Gasteiger partial charge in [-0.3, -0.25) is 4.40 Å². The molecule has 0 aliphatic rings. The molecule has 0 saturated heterocycles. The van der Waals surface area contributed by atoms with Crippen LogP contribution in [0.4, 0.5) is 19.0 Å². The zero-order chi connectivity index (χ0) is 17.6. The number of anilines is 1. The van der Waals surface area contributed by atoms with Crippen molar-refractivity contribution in [2.45, 2.75) is 19.1 Å². The smallest absolute Gasteiger partial charge is 0.359 e. The molecule has 0 unspecified atom stereocenters. The van der Waals surface area contributed by atoms with Gasteiger partial charge in [0.25, 0.3) is 5.82 Å². The second-order valence-corrected chi connectivity index (χ2v) is 5.36. The molecule has 0 aliphatic carbocycles. The van der Waals surface area contributed by atoms with E-state index < -0.39 is 12.0 Å². The summed E-state index contributed by atoms with van der Waals surface area (Å²) in [4.78, 5) is 0. The largest absolute Gasteiger partial charge is 0.453 e. The molecule has 0 spiro atoms. The number of nitrogens with zero attached hydrogens (tertiary/aromatic N) is 7. The van der Waals surface area contributed by atoms with Gasteiger partial charge in [-0.1, -0.05) is 6.07 Å². The summed E-state index contributed by atoms with van der Waals surface area (Å²) in [6.45, 7) is 1.81. The molecule has 128 valence electrons. The SMILES string of the molecule is C[C@H](Nc1ccc2nnc(C(F)(F)F)n2n1)c1nnc2ccccn12. The van der Waals surface area contributed by atoms with Crippen molar-refractivity contribution in [2.24, 2.45) is 0 Å². The van der Waals surface area contributed by atoms with Crippen LogP contribution in [0.2, 0.25) is 0 Å². The lowest BCUT2D eigenvalue weighted by Crippen LogP contribution is -2.15. The standard InChI is InChI=1S/C14H11F3N8/c1-8(12-21-19-10-4-2-3-7-24(10)12)18-9-5-6-11-20-22-13(14(15,16)17)25(11)23-9/h2-8H,1H3,(H,18,23)/t8-/m0/s1. The Morgan fingerprint density at radius 3 is 2.60 bits per heavy atom. The van der Waals surface area contributed by atoms with E-state index in [1.54, 1.807) is 16.7 Å². The lowest BCUT2D eigenvalue weighted by Gasteiger charge is -2.13. The first kappa shape index (κ1) is 15.3. The number of alkyl halides is 3. The third-order valence-corrected chi connectivity index (χ3v) is 3.61. The van der Waals surface area contributed by atoms with Crippen LogP contribution in [0.1, 0.15) is 24.6 Å². The maximum Gasteiger partial charge on any atom is 0.453 e. The van der Waals surface area contributed by atoms with Gasteiger partial charge in [-0.05, 0) is 31.2 Å². The Kier molecular flexibility index (Phi) is 3.30. The molecule has 1 atom stereocenters. The molecule has 4 aromatic heterocycles. The van der Waals surface area contributed by atoms with Gasteiger partial charge in [0.15, 0.2) is 17.1 Å². The van der Waals surface area contributed by atoms with Gasteiger partial charge >= 0.3 is 6.18 Å². The molecule has 0 aliphatic heterocycles. The quantitative estimate of drug-likeness (QED) is 0.612. The Labute approximate surface area is 138 Å². The van der Waals surface area contributed by atoms with Crippen LogP contribution in [0.3, 0.4) is 0 Å². The van der Waals surface area contributed by atoms with E-state index in [0.717, 1.165) is 0 Å². The highest BCUT2D eigenvalue weighted by Crippen LogP contribution is 2.28. The zero-order valence-electron chi connectivity index (χ0n) is 12.8. The lowest BCUT2D eigenvalue weighted by molar-refractivity contribution is -0.146. The second-order valence-electron chi connectivity index (χ2n) is 5.36. The predicted molar refractivity (Wildman–Crippen MR) is 80.8 cm³/mol. The van der Waals surface area contributed by atoms with Crippen LogP contribution in [0.5, 0.6) is 0 Å². The molecule has 0 radical (unpaired) electrons. The number of pyridine rings is 1. The van der Waals surface area contributed by atoms with Crippen molar-refractivity contribution in [1.82, 2.24) is 34.4 Å². The van der Waals surface area contributed by atoms with E-state index in [4.69, 9.17) is 0 Å². The van der Waals surface area contributed by atoms with E-state index in [2.05, 4.69) is 30.8 Å². The lowest BCUT2D eigenvalue weighted by atomic mass is 10.3. The minimum absolute atomic E-state index is 0.0125. The predicted octanol–water partition coefficient (Wildman–Crippen LogP) is 2.36. The fourth-order valence-corrected chi connectivity index (χ4v) is 2.48. The van der Waals surface area contributed by atoms with E-state index in [0.29, 0.717) is 16.0 Å². The van der Waals surface area contributed by atoms with Gasteiger partial charge in [0, 0.05) is 6.20 Å². The average molecular weight is 348 g/mol. The third-order valence-electron chi connectivity index (χ3n) is 3.61. The maximum atomic E-state index is 12.9. The number of nitrogens with one attached hydrogen (secondary N) is 1. The van der Waals surface area contributed by atoms with E-state index in [1.165, 1.54) is 12.1 Å². The van der Waals surface area contributed by atoms with Gasteiger partial charge in [-0.25, -0.2) is 0 Å². The van der Waals surface area contributed by atoms with Gasteiger partial charge in [0.1, 0.15) is 5.82 Å². The molecular weight excluding hydrogens is 337 g/mol. The first-order valence-electron chi connectivity index (χ1n) is 7.29. The molecule has 0 saturated carbocycles. The topological polar surface area (TPSA) is 85.3 Å². The molecule has 0 fully saturated rings. The fraction of sp³-hybridized carbons (Fsp3) is 0.214. The van der Waals surface area contributed by atoms with Crippen LogP contribution in [0.25, 0.3) is 11.3 Å². The molecule has 4 aromatic rings. The summed E-state index contributed by atoms with van der Waals surface area (Å²) in [7, 11) is 0. The van der Waals surface area contributed by atoms with Crippen molar-refractivity contribution < 1.29 is 13.2 Å². The number of hydrogen-bond donors (Lipinski definition) is 1. The Morgan fingerprint density at radius 1 is 1.00 bits per heavy atom. The van der Waals surface area contributed by atoms with Crippen LogP contribution in [-0.2, 0) is 6.18 Å². The minimum atomic E-state index is -4.64. The Morgan fingerprint density at radius 2 is 1.80 bits per heavy atom. The van der Waals surface area contributed by atoms with Gasteiger partial charge < -0.3 is 5.32 Å². The van der Waals surface area contributed by atoms with Gasteiger partial charge in [0.05, 0.1) is 6.04 Å². The number of rotatable bonds is 3. The maximum absolute atomic E-state index is 12.9. The molecule has 11 heteroatoms. The van der Waals surface area contributed by atoms with Gasteiger partial charge in [0.2, 0.25) is 0 Å². The van der Waals surface area contributed by atoms with Crippen LogP contribution in [0, 0.1) is 0 Å². The summed E-state index contributed by atoms with van der Waals surface area (Å²) in [5.41, 5.74) is 0.686. The highest BCUT2D eigenvalue weighted by atomic mass is 19.4. The zero-order valence-corrected chi connectivity index (χ0v) is 12.8. The molecule has 1 N–H and O–H groups in total. The van der Waals surface area contributed by atoms with Crippen LogP contribution < -0.4 is 5.32 Å². The summed E-state index contributed by atoms with van der Waals surface area (Å²) in [5.74, 6) is -0.331. The summed E-state index contributed by atoms with van der Waals surface area (Å²) in [5, 5.41) is 21.7. The van der Waals surface area contributed by atoms with Crippen molar-refractivity contribution in [3.8, 4) is 0 Å². The van der Waals surface area contributed by atoms with E-state index >= 15 is 0 Å². The Hall–Kier alpha value is -3.24. The minimum Gasteiger partial charge on any atom is -0.359 e. The molecular formula is C14H11F3N8. The van der Waals surface area contributed by atoms with E-state index in [1.807, 2.05) is 19.1 Å².